The van der Waals surface area contributed by atoms with Crippen molar-refractivity contribution in [2.45, 2.75) is 26.0 Å². The van der Waals surface area contributed by atoms with E-state index in [4.69, 9.17) is 4.74 Å². The van der Waals surface area contributed by atoms with Gasteiger partial charge in [-0.1, -0.05) is 6.07 Å². The third-order valence-electron chi connectivity index (χ3n) is 3.03. The van der Waals surface area contributed by atoms with Crippen molar-refractivity contribution in [3.8, 4) is 5.75 Å². The van der Waals surface area contributed by atoms with Crippen molar-refractivity contribution < 1.29 is 9.84 Å². The fourth-order valence-electron chi connectivity index (χ4n) is 2.03. The van der Waals surface area contributed by atoms with Gasteiger partial charge in [-0.15, -0.1) is 0 Å². The van der Waals surface area contributed by atoms with Crippen LogP contribution in [0.25, 0.3) is 0 Å². The molecule has 1 aromatic heterocycles. The fraction of sp³-hybridized carbons (Fsp3) is 0.357. The van der Waals surface area contributed by atoms with Crippen molar-refractivity contribution in [1.29, 1.82) is 0 Å². The van der Waals surface area contributed by atoms with E-state index in [1.807, 2.05) is 32.0 Å². The Labute approximate surface area is 135 Å². The monoisotopic (exact) mass is 402 g/mol. The maximum atomic E-state index is 10.7. The topological polar surface area (TPSA) is 47.3 Å². The largest absolute Gasteiger partial charge is 0.493 e. The minimum Gasteiger partial charge on any atom is -0.493 e. The fourth-order valence-corrected chi connectivity index (χ4v) is 2.67. The minimum absolute atomic E-state index is 0.141. The third kappa shape index (κ3) is 2.92. The maximum absolute atomic E-state index is 10.7. The van der Waals surface area contributed by atoms with Crippen molar-refractivity contribution in [2.24, 2.45) is 0 Å². The summed E-state index contributed by atoms with van der Waals surface area (Å²) in [6.07, 6.45) is 0.839. The van der Waals surface area contributed by atoms with Gasteiger partial charge in [-0.2, -0.15) is 5.10 Å². The second kappa shape index (κ2) is 6.28. The predicted octanol–water partition coefficient (Wildman–Crippen LogP) is 4.08. The zero-order chi connectivity index (χ0) is 14.9. The molecule has 2 rings (SSSR count). The summed E-state index contributed by atoms with van der Waals surface area (Å²) < 4.78 is 8.92. The van der Waals surface area contributed by atoms with Crippen molar-refractivity contribution in [1.82, 2.24) is 9.78 Å². The van der Waals surface area contributed by atoms with Gasteiger partial charge in [0.2, 0.25) is 0 Å². The minimum atomic E-state index is -0.792. The smallest absolute Gasteiger partial charge is 0.163 e. The van der Waals surface area contributed by atoms with Crippen molar-refractivity contribution in [3.63, 3.8) is 0 Å². The lowest BCUT2D eigenvalue weighted by atomic mass is 10.1. The van der Waals surface area contributed by atoms with Gasteiger partial charge in [0.25, 0.3) is 0 Å². The quantitative estimate of drug-likeness (QED) is 0.836. The molecule has 1 aromatic carbocycles. The molecule has 20 heavy (non-hydrogen) atoms. The molecule has 0 radical (unpaired) electrons. The van der Waals surface area contributed by atoms with Crippen LogP contribution in [0.15, 0.2) is 33.3 Å². The summed E-state index contributed by atoms with van der Waals surface area (Å²) in [7, 11) is 1.58. The lowest BCUT2D eigenvalue weighted by molar-refractivity contribution is 0.199. The van der Waals surface area contributed by atoms with E-state index in [2.05, 4.69) is 37.0 Å². The summed E-state index contributed by atoms with van der Waals surface area (Å²) >= 11 is 6.87. The molecule has 0 saturated carbocycles. The van der Waals surface area contributed by atoms with E-state index in [0.29, 0.717) is 11.4 Å². The summed E-state index contributed by atoms with van der Waals surface area (Å²) in [6.45, 7) is 4.03. The molecular formula is C14H16Br2N2O2. The molecule has 2 aromatic rings. The van der Waals surface area contributed by atoms with Crippen molar-refractivity contribution in [3.05, 3.63) is 44.6 Å². The molecule has 0 spiro atoms. The van der Waals surface area contributed by atoms with Gasteiger partial charge in [0.1, 0.15) is 11.8 Å². The van der Waals surface area contributed by atoms with Gasteiger partial charge in [-0.05, 0) is 63.4 Å². The SMILES string of the molecule is COc1cnn(C(C)C)c1C(O)c1ccc(Br)c(Br)c1. The number of hydrogen-bond acceptors (Lipinski definition) is 3. The average molecular weight is 404 g/mol. The van der Waals surface area contributed by atoms with Gasteiger partial charge in [0.15, 0.2) is 5.75 Å². The van der Waals surface area contributed by atoms with Gasteiger partial charge in [-0.3, -0.25) is 4.68 Å². The number of aliphatic hydroxyl groups excluding tert-OH is 1. The van der Waals surface area contributed by atoms with Crippen molar-refractivity contribution in [2.75, 3.05) is 7.11 Å². The number of benzene rings is 1. The molecule has 0 aliphatic heterocycles. The number of ether oxygens (including phenoxy) is 1. The van der Waals surface area contributed by atoms with Crippen LogP contribution in [-0.2, 0) is 0 Å². The predicted molar refractivity (Wildman–Crippen MR) is 85.1 cm³/mol. The van der Waals surface area contributed by atoms with Crippen LogP contribution in [0.2, 0.25) is 0 Å². The Balaban J connectivity index is 2.49. The number of nitrogens with zero attached hydrogens (tertiary/aromatic N) is 2. The molecule has 0 bridgehead atoms. The molecule has 0 aliphatic carbocycles. The lowest BCUT2D eigenvalue weighted by Crippen LogP contribution is -2.13. The van der Waals surface area contributed by atoms with Crippen LogP contribution < -0.4 is 4.74 Å². The van der Waals surface area contributed by atoms with E-state index in [-0.39, 0.29) is 6.04 Å². The standard InChI is InChI=1S/C14H16Br2N2O2/c1-8(2)18-13(12(20-3)7-17-18)14(19)9-4-5-10(15)11(16)6-9/h4-8,14,19H,1-3H3. The van der Waals surface area contributed by atoms with E-state index in [1.165, 1.54) is 0 Å². The Bertz CT molecular complexity index is 611. The van der Waals surface area contributed by atoms with E-state index >= 15 is 0 Å². The Kier molecular flexibility index (Phi) is 4.88. The van der Waals surface area contributed by atoms with Gasteiger partial charge in [0.05, 0.1) is 13.3 Å². The summed E-state index contributed by atoms with van der Waals surface area (Å²) in [5, 5.41) is 14.9. The first-order valence-corrected chi connectivity index (χ1v) is 7.78. The molecule has 0 fully saturated rings. The Hall–Kier alpha value is -0.850. The van der Waals surface area contributed by atoms with Crippen molar-refractivity contribution >= 4 is 31.9 Å². The molecule has 1 atom stereocenters. The molecule has 1 N–H and O–H groups in total. The third-order valence-corrected chi connectivity index (χ3v) is 4.91. The van der Waals surface area contributed by atoms with E-state index in [0.717, 1.165) is 14.5 Å². The molecule has 4 nitrogen and oxygen atoms in total. The van der Waals surface area contributed by atoms with E-state index in [9.17, 15) is 5.11 Å². The Morgan fingerprint density at radius 2 is 1.95 bits per heavy atom. The van der Waals surface area contributed by atoms with Crippen LogP contribution in [0.4, 0.5) is 0 Å². The first-order chi connectivity index (χ1) is 9.45. The highest BCUT2D eigenvalue weighted by molar-refractivity contribution is 9.13. The van der Waals surface area contributed by atoms with Crippen LogP contribution in [0.1, 0.15) is 37.3 Å². The van der Waals surface area contributed by atoms with Crippen LogP contribution in [-0.4, -0.2) is 22.0 Å². The normalized spacial score (nSPS) is 12.8. The number of halogens is 2. The van der Waals surface area contributed by atoms with Gasteiger partial charge >= 0.3 is 0 Å². The van der Waals surface area contributed by atoms with Crippen LogP contribution in [0, 0.1) is 0 Å². The van der Waals surface area contributed by atoms with E-state index in [1.54, 1.807) is 18.0 Å². The maximum Gasteiger partial charge on any atom is 0.163 e. The van der Waals surface area contributed by atoms with Gasteiger partial charge in [0, 0.05) is 15.0 Å². The Morgan fingerprint density at radius 1 is 1.25 bits per heavy atom. The lowest BCUT2D eigenvalue weighted by Gasteiger charge is -2.18. The van der Waals surface area contributed by atoms with Crippen LogP contribution >= 0.6 is 31.9 Å². The van der Waals surface area contributed by atoms with Crippen LogP contribution in [0.3, 0.4) is 0 Å². The Morgan fingerprint density at radius 3 is 2.50 bits per heavy atom. The molecule has 0 amide bonds. The molecule has 6 heteroatoms. The number of aromatic nitrogens is 2. The first kappa shape index (κ1) is 15.5. The first-order valence-electron chi connectivity index (χ1n) is 6.20. The number of rotatable bonds is 4. The highest BCUT2D eigenvalue weighted by Crippen LogP contribution is 2.34. The summed E-state index contributed by atoms with van der Waals surface area (Å²) in [5.41, 5.74) is 1.44. The average Bonchev–Trinajstić information content (AvgIpc) is 2.85. The zero-order valence-electron chi connectivity index (χ0n) is 11.5. The molecule has 1 heterocycles. The summed E-state index contributed by atoms with van der Waals surface area (Å²) in [6, 6.07) is 5.79. The number of aliphatic hydroxyl groups is 1. The van der Waals surface area contributed by atoms with Gasteiger partial charge < -0.3 is 9.84 Å². The van der Waals surface area contributed by atoms with Crippen LogP contribution in [0.5, 0.6) is 5.75 Å². The molecule has 108 valence electrons. The zero-order valence-corrected chi connectivity index (χ0v) is 14.6. The molecule has 0 saturated heterocycles. The number of hydrogen-bond donors (Lipinski definition) is 1. The van der Waals surface area contributed by atoms with Gasteiger partial charge in [-0.25, -0.2) is 0 Å². The molecular weight excluding hydrogens is 388 g/mol. The highest BCUT2D eigenvalue weighted by atomic mass is 79.9. The second-order valence-electron chi connectivity index (χ2n) is 4.71. The summed E-state index contributed by atoms with van der Waals surface area (Å²) in [5.74, 6) is 0.588. The highest BCUT2D eigenvalue weighted by Gasteiger charge is 2.23. The second-order valence-corrected chi connectivity index (χ2v) is 6.42. The number of methoxy groups -OCH3 is 1. The summed E-state index contributed by atoms with van der Waals surface area (Å²) in [4.78, 5) is 0. The van der Waals surface area contributed by atoms with E-state index < -0.39 is 6.10 Å². The molecule has 0 aliphatic rings. The molecule has 1 unspecified atom stereocenters.